The number of thioether (sulfide) groups is 1. The Labute approximate surface area is 150 Å². The fraction of sp³-hybridized carbons (Fsp3) is 0.412. The molecule has 1 fully saturated rings. The Morgan fingerprint density at radius 1 is 1.12 bits per heavy atom. The van der Waals surface area contributed by atoms with Crippen molar-refractivity contribution in [1.82, 2.24) is 24.7 Å². The molecule has 1 N–H and O–H groups in total. The zero-order valence-electron chi connectivity index (χ0n) is 14.3. The zero-order valence-corrected chi connectivity index (χ0v) is 15.1. The highest BCUT2D eigenvalue weighted by atomic mass is 32.2. The maximum atomic E-state index is 11.0. The van der Waals surface area contributed by atoms with E-state index < -0.39 is 5.60 Å². The molecular formula is C17H20N6OS. The first-order chi connectivity index (χ1) is 12.1. The van der Waals surface area contributed by atoms with Gasteiger partial charge in [0, 0.05) is 43.3 Å². The van der Waals surface area contributed by atoms with Crippen LogP contribution in [0, 0.1) is 0 Å². The third kappa shape index (κ3) is 2.85. The summed E-state index contributed by atoms with van der Waals surface area (Å²) >= 11 is 1.71. The second kappa shape index (κ2) is 6.27. The minimum Gasteiger partial charge on any atom is -0.382 e. The smallest absolute Gasteiger partial charge is 0.158 e. The molecule has 1 aromatic carbocycles. The van der Waals surface area contributed by atoms with Gasteiger partial charge in [-0.3, -0.25) is 4.68 Å². The molecule has 3 heterocycles. The summed E-state index contributed by atoms with van der Waals surface area (Å²) in [5.41, 5.74) is 0.00611. The number of anilines is 1. The Morgan fingerprint density at radius 3 is 2.60 bits per heavy atom. The van der Waals surface area contributed by atoms with Crippen LogP contribution in [0.2, 0.25) is 0 Å². The van der Waals surface area contributed by atoms with Crippen LogP contribution >= 0.6 is 11.8 Å². The van der Waals surface area contributed by atoms with Gasteiger partial charge in [0.15, 0.2) is 5.82 Å². The highest BCUT2D eigenvalue weighted by Gasteiger charge is 2.38. The lowest BCUT2D eigenvalue weighted by Gasteiger charge is -2.38. The third-order valence-corrected chi connectivity index (χ3v) is 5.56. The standard InChI is InChI=1S/C17H20N6OS/c1-22-16(20-11-21-22)17(24)5-7-23(8-6-17)15-13-9-12(25-2)3-4-14(13)18-10-19-15/h3-4,9-11,24H,5-8H2,1-2H3. The van der Waals surface area contributed by atoms with Gasteiger partial charge < -0.3 is 10.0 Å². The summed E-state index contributed by atoms with van der Waals surface area (Å²) in [5.74, 6) is 1.56. The molecule has 1 saturated heterocycles. The number of rotatable bonds is 3. The van der Waals surface area contributed by atoms with Gasteiger partial charge in [-0.15, -0.1) is 11.8 Å². The van der Waals surface area contributed by atoms with E-state index in [1.165, 1.54) is 11.2 Å². The highest BCUT2D eigenvalue weighted by molar-refractivity contribution is 7.98. The van der Waals surface area contributed by atoms with Gasteiger partial charge in [0.1, 0.15) is 24.1 Å². The van der Waals surface area contributed by atoms with E-state index in [4.69, 9.17) is 0 Å². The maximum absolute atomic E-state index is 11.0. The molecule has 0 unspecified atom stereocenters. The molecule has 1 aliphatic rings. The molecule has 25 heavy (non-hydrogen) atoms. The Morgan fingerprint density at radius 2 is 1.92 bits per heavy atom. The van der Waals surface area contributed by atoms with Crippen LogP contribution in [0.1, 0.15) is 18.7 Å². The summed E-state index contributed by atoms with van der Waals surface area (Å²) in [7, 11) is 1.81. The summed E-state index contributed by atoms with van der Waals surface area (Å²) in [6.07, 6.45) is 6.34. The lowest BCUT2D eigenvalue weighted by molar-refractivity contribution is -0.000137. The minimum atomic E-state index is -0.936. The molecule has 0 radical (unpaired) electrons. The van der Waals surface area contributed by atoms with Gasteiger partial charge in [0.05, 0.1) is 5.52 Å². The van der Waals surface area contributed by atoms with Gasteiger partial charge in [-0.1, -0.05) is 0 Å². The van der Waals surface area contributed by atoms with Crippen molar-refractivity contribution in [3.8, 4) is 0 Å². The van der Waals surface area contributed by atoms with Crippen molar-refractivity contribution in [3.63, 3.8) is 0 Å². The summed E-state index contributed by atoms with van der Waals surface area (Å²) in [6.45, 7) is 1.41. The first-order valence-corrected chi connectivity index (χ1v) is 9.44. The fourth-order valence-corrected chi connectivity index (χ4v) is 3.87. The van der Waals surface area contributed by atoms with Gasteiger partial charge in [0.25, 0.3) is 0 Å². The van der Waals surface area contributed by atoms with Gasteiger partial charge in [-0.05, 0) is 24.5 Å². The van der Waals surface area contributed by atoms with Gasteiger partial charge in [0.2, 0.25) is 0 Å². The average molecular weight is 356 g/mol. The van der Waals surface area contributed by atoms with Crippen LogP contribution in [0.15, 0.2) is 35.7 Å². The van der Waals surface area contributed by atoms with E-state index in [0.29, 0.717) is 31.8 Å². The summed E-state index contributed by atoms with van der Waals surface area (Å²) in [5, 5.41) is 16.1. The molecule has 0 bridgehead atoms. The molecule has 8 heteroatoms. The predicted molar refractivity (Wildman–Crippen MR) is 97.7 cm³/mol. The van der Waals surface area contributed by atoms with E-state index in [0.717, 1.165) is 16.7 Å². The topological polar surface area (TPSA) is 80.0 Å². The lowest BCUT2D eigenvalue weighted by atomic mass is 9.90. The summed E-state index contributed by atoms with van der Waals surface area (Å²) < 4.78 is 1.65. The molecule has 0 spiro atoms. The number of aryl methyl sites for hydroxylation is 1. The monoisotopic (exact) mass is 356 g/mol. The number of fused-ring (bicyclic) bond motifs is 1. The molecule has 1 aliphatic heterocycles. The van der Waals surface area contributed by atoms with Crippen molar-refractivity contribution in [2.75, 3.05) is 24.2 Å². The molecule has 3 aromatic rings. The van der Waals surface area contributed by atoms with Crippen LogP contribution in [0.3, 0.4) is 0 Å². The minimum absolute atomic E-state index is 0.591. The number of piperidine rings is 1. The van der Waals surface area contributed by atoms with Crippen LogP contribution in [0.5, 0.6) is 0 Å². The predicted octanol–water partition coefficient (Wildman–Crippen LogP) is 1.97. The van der Waals surface area contributed by atoms with E-state index in [9.17, 15) is 5.11 Å². The van der Waals surface area contributed by atoms with Gasteiger partial charge in [-0.25, -0.2) is 15.0 Å². The number of aliphatic hydroxyl groups is 1. The molecule has 0 amide bonds. The fourth-order valence-electron chi connectivity index (χ4n) is 3.43. The van der Waals surface area contributed by atoms with Crippen LogP contribution in [-0.2, 0) is 12.6 Å². The second-order valence-electron chi connectivity index (χ2n) is 6.31. The van der Waals surface area contributed by atoms with Crippen LogP contribution in [0.4, 0.5) is 5.82 Å². The van der Waals surface area contributed by atoms with Crippen molar-refractivity contribution in [1.29, 1.82) is 0 Å². The number of hydrogen-bond donors (Lipinski definition) is 1. The second-order valence-corrected chi connectivity index (χ2v) is 7.19. The maximum Gasteiger partial charge on any atom is 0.158 e. The van der Waals surface area contributed by atoms with Crippen molar-refractivity contribution in [2.45, 2.75) is 23.3 Å². The molecule has 2 aromatic heterocycles. The van der Waals surface area contributed by atoms with E-state index >= 15 is 0 Å². The van der Waals surface area contributed by atoms with Crippen molar-refractivity contribution >= 4 is 28.5 Å². The Kier molecular flexibility index (Phi) is 4.09. The van der Waals surface area contributed by atoms with Crippen molar-refractivity contribution in [2.24, 2.45) is 7.05 Å². The Bertz CT molecular complexity index is 903. The average Bonchev–Trinajstić information content (AvgIpc) is 3.08. The third-order valence-electron chi connectivity index (χ3n) is 4.84. The summed E-state index contributed by atoms with van der Waals surface area (Å²) in [4.78, 5) is 16.5. The zero-order chi connectivity index (χ0) is 17.4. The lowest BCUT2D eigenvalue weighted by Crippen LogP contribution is -2.44. The van der Waals surface area contributed by atoms with Crippen LogP contribution < -0.4 is 4.90 Å². The van der Waals surface area contributed by atoms with Crippen molar-refractivity contribution in [3.05, 3.63) is 36.7 Å². The van der Waals surface area contributed by atoms with E-state index in [2.05, 4.69) is 43.3 Å². The Balaban J connectivity index is 1.63. The molecule has 0 atom stereocenters. The highest BCUT2D eigenvalue weighted by Crippen LogP contribution is 2.35. The summed E-state index contributed by atoms with van der Waals surface area (Å²) in [6, 6.07) is 6.25. The van der Waals surface area contributed by atoms with E-state index in [1.807, 2.05) is 13.1 Å². The molecule has 130 valence electrons. The molecule has 7 nitrogen and oxygen atoms in total. The first-order valence-electron chi connectivity index (χ1n) is 8.21. The number of hydrogen-bond acceptors (Lipinski definition) is 7. The Hall–Kier alpha value is -2.19. The van der Waals surface area contributed by atoms with Crippen LogP contribution in [-0.4, -0.2) is 49.2 Å². The quantitative estimate of drug-likeness (QED) is 0.719. The largest absolute Gasteiger partial charge is 0.382 e. The van der Waals surface area contributed by atoms with Gasteiger partial charge in [-0.2, -0.15) is 5.10 Å². The number of benzene rings is 1. The molecule has 4 rings (SSSR count). The molecular weight excluding hydrogens is 336 g/mol. The number of nitrogens with zero attached hydrogens (tertiary/aromatic N) is 6. The van der Waals surface area contributed by atoms with E-state index in [-0.39, 0.29) is 0 Å². The van der Waals surface area contributed by atoms with E-state index in [1.54, 1.807) is 22.8 Å². The molecule has 0 aliphatic carbocycles. The first kappa shape index (κ1) is 16.3. The normalized spacial score (nSPS) is 17.2. The van der Waals surface area contributed by atoms with Gasteiger partial charge >= 0.3 is 0 Å². The van der Waals surface area contributed by atoms with Crippen molar-refractivity contribution < 1.29 is 5.11 Å². The molecule has 0 saturated carbocycles. The van der Waals surface area contributed by atoms with Crippen LogP contribution in [0.25, 0.3) is 10.9 Å². The SMILES string of the molecule is CSc1ccc2ncnc(N3CCC(O)(c4ncnn4C)CC3)c2c1. The number of aromatic nitrogens is 5.